The number of hydrogen-bond donors (Lipinski definition) is 1. The van der Waals surface area contributed by atoms with E-state index in [0.29, 0.717) is 36.7 Å². The van der Waals surface area contributed by atoms with Gasteiger partial charge in [0.15, 0.2) is 4.80 Å². The SMILES string of the molecule is Cc1cn(-c2ccc(C(F)(F)F)cc2)/c(=N/C(=O)N2CC3CN(C(=O)O)CC3C2)s1. The number of likely N-dealkylation sites (tertiary alicyclic amines) is 2. The van der Waals surface area contributed by atoms with Crippen LogP contribution in [0, 0.1) is 18.8 Å². The number of urea groups is 1. The van der Waals surface area contributed by atoms with Crippen LogP contribution in [0.15, 0.2) is 35.5 Å². The first-order valence-corrected chi connectivity index (χ1v) is 10.1. The maximum Gasteiger partial charge on any atom is 0.416 e. The number of amides is 3. The Labute approximate surface area is 173 Å². The topological polar surface area (TPSA) is 78.1 Å². The summed E-state index contributed by atoms with van der Waals surface area (Å²) in [5, 5.41) is 9.10. The predicted octanol–water partition coefficient (Wildman–Crippen LogP) is 3.43. The molecule has 2 aromatic rings. The van der Waals surface area contributed by atoms with E-state index in [1.54, 1.807) is 15.7 Å². The molecule has 1 N–H and O–H groups in total. The summed E-state index contributed by atoms with van der Waals surface area (Å²) >= 11 is 1.27. The summed E-state index contributed by atoms with van der Waals surface area (Å²) in [5.74, 6) is 0.208. The molecule has 7 nitrogen and oxygen atoms in total. The molecule has 1 aromatic heterocycles. The molecule has 3 heterocycles. The molecule has 2 aliphatic rings. The van der Waals surface area contributed by atoms with Gasteiger partial charge in [0.05, 0.1) is 5.56 Å². The van der Waals surface area contributed by atoms with Gasteiger partial charge in [0, 0.05) is 54.8 Å². The van der Waals surface area contributed by atoms with E-state index in [0.717, 1.165) is 17.0 Å². The van der Waals surface area contributed by atoms with Gasteiger partial charge in [0.1, 0.15) is 0 Å². The van der Waals surface area contributed by atoms with Gasteiger partial charge < -0.3 is 14.9 Å². The number of aryl methyl sites for hydroxylation is 1. The highest BCUT2D eigenvalue weighted by Gasteiger charge is 2.43. The highest BCUT2D eigenvalue weighted by Crippen LogP contribution is 2.31. The quantitative estimate of drug-likeness (QED) is 0.738. The number of aromatic nitrogens is 1. The van der Waals surface area contributed by atoms with Gasteiger partial charge in [-0.25, -0.2) is 9.59 Å². The predicted molar refractivity (Wildman–Crippen MR) is 102 cm³/mol. The second kappa shape index (κ2) is 7.46. The van der Waals surface area contributed by atoms with Crippen LogP contribution in [0.3, 0.4) is 0 Å². The van der Waals surface area contributed by atoms with E-state index in [4.69, 9.17) is 5.11 Å². The average molecular weight is 440 g/mol. The fourth-order valence-corrected chi connectivity index (χ4v) is 4.81. The summed E-state index contributed by atoms with van der Waals surface area (Å²) in [6.07, 6.45) is -3.64. The number of carboxylic acid groups (broad SMARTS) is 1. The van der Waals surface area contributed by atoms with Gasteiger partial charge >= 0.3 is 18.3 Å². The second-order valence-electron chi connectivity index (χ2n) is 7.55. The van der Waals surface area contributed by atoms with Gasteiger partial charge in [0.2, 0.25) is 0 Å². The van der Waals surface area contributed by atoms with Gasteiger partial charge in [-0.3, -0.25) is 4.57 Å². The van der Waals surface area contributed by atoms with Crippen molar-refractivity contribution in [2.24, 2.45) is 16.8 Å². The third-order valence-electron chi connectivity index (χ3n) is 5.46. The summed E-state index contributed by atoms with van der Waals surface area (Å²) in [4.78, 5) is 32.2. The molecule has 1 aromatic carbocycles. The monoisotopic (exact) mass is 440 g/mol. The Balaban J connectivity index is 1.54. The third-order valence-corrected chi connectivity index (χ3v) is 6.36. The summed E-state index contributed by atoms with van der Waals surface area (Å²) in [5.41, 5.74) is -0.262. The van der Waals surface area contributed by atoms with Crippen molar-refractivity contribution in [3.8, 4) is 5.69 Å². The number of thiazole rings is 1. The van der Waals surface area contributed by atoms with Crippen LogP contribution < -0.4 is 4.80 Å². The minimum Gasteiger partial charge on any atom is -0.465 e. The zero-order chi connectivity index (χ0) is 21.6. The van der Waals surface area contributed by atoms with Crippen molar-refractivity contribution in [3.63, 3.8) is 0 Å². The number of fused-ring (bicyclic) bond motifs is 1. The first kappa shape index (κ1) is 20.5. The molecule has 0 radical (unpaired) electrons. The molecule has 2 unspecified atom stereocenters. The molecular weight excluding hydrogens is 421 g/mol. The van der Waals surface area contributed by atoms with Crippen LogP contribution in [-0.2, 0) is 6.18 Å². The van der Waals surface area contributed by atoms with Gasteiger partial charge in [0.25, 0.3) is 0 Å². The Morgan fingerprint density at radius 1 is 1.07 bits per heavy atom. The van der Waals surface area contributed by atoms with E-state index in [-0.39, 0.29) is 11.8 Å². The van der Waals surface area contributed by atoms with Gasteiger partial charge in [-0.1, -0.05) is 0 Å². The van der Waals surface area contributed by atoms with E-state index >= 15 is 0 Å². The number of benzene rings is 1. The summed E-state index contributed by atoms with van der Waals surface area (Å²) in [6.45, 7) is 3.54. The van der Waals surface area contributed by atoms with E-state index in [1.165, 1.54) is 28.4 Å². The number of nitrogens with zero attached hydrogens (tertiary/aromatic N) is 4. The van der Waals surface area contributed by atoms with Crippen LogP contribution in [-0.4, -0.2) is 57.8 Å². The van der Waals surface area contributed by atoms with Crippen molar-refractivity contribution in [2.75, 3.05) is 26.2 Å². The molecule has 2 fully saturated rings. The zero-order valence-electron chi connectivity index (χ0n) is 16.0. The molecule has 30 heavy (non-hydrogen) atoms. The minimum atomic E-state index is -4.42. The van der Waals surface area contributed by atoms with Gasteiger partial charge in [-0.15, -0.1) is 11.3 Å². The molecular formula is C19H19F3N4O3S. The average Bonchev–Trinajstić information content (AvgIpc) is 3.34. The first-order valence-electron chi connectivity index (χ1n) is 9.30. The number of carbonyl (C=O) groups excluding carboxylic acids is 1. The van der Waals surface area contributed by atoms with Gasteiger partial charge in [-0.05, 0) is 31.2 Å². The van der Waals surface area contributed by atoms with Crippen molar-refractivity contribution in [2.45, 2.75) is 13.1 Å². The lowest BCUT2D eigenvalue weighted by atomic mass is 10.0. The van der Waals surface area contributed by atoms with Crippen LogP contribution >= 0.6 is 11.3 Å². The highest BCUT2D eigenvalue weighted by atomic mass is 32.1. The Kier molecular flexibility index (Phi) is 5.08. The number of hydrogen-bond acceptors (Lipinski definition) is 3. The minimum absolute atomic E-state index is 0.104. The van der Waals surface area contributed by atoms with E-state index in [1.807, 2.05) is 6.92 Å². The lowest BCUT2D eigenvalue weighted by Crippen LogP contribution is -2.34. The molecule has 0 spiro atoms. The van der Waals surface area contributed by atoms with Crippen molar-refractivity contribution in [1.29, 1.82) is 0 Å². The molecule has 2 atom stereocenters. The molecule has 0 bridgehead atoms. The van der Waals surface area contributed by atoms with Crippen LogP contribution in [0.25, 0.3) is 5.69 Å². The maximum absolute atomic E-state index is 12.8. The van der Waals surface area contributed by atoms with Crippen molar-refractivity contribution in [1.82, 2.24) is 14.4 Å². The smallest absolute Gasteiger partial charge is 0.416 e. The molecule has 160 valence electrons. The van der Waals surface area contributed by atoms with E-state index in [2.05, 4.69) is 4.99 Å². The van der Waals surface area contributed by atoms with E-state index < -0.39 is 23.9 Å². The Bertz CT molecular complexity index is 1030. The Hall–Kier alpha value is -2.82. The largest absolute Gasteiger partial charge is 0.465 e. The van der Waals surface area contributed by atoms with Crippen LogP contribution in [0.1, 0.15) is 10.4 Å². The Morgan fingerprint density at radius 3 is 2.17 bits per heavy atom. The number of carbonyl (C=O) groups is 2. The molecule has 11 heteroatoms. The van der Waals surface area contributed by atoms with Crippen molar-refractivity contribution < 1.29 is 27.9 Å². The lowest BCUT2D eigenvalue weighted by molar-refractivity contribution is -0.137. The maximum atomic E-state index is 12.8. The molecule has 0 aliphatic carbocycles. The summed E-state index contributed by atoms with van der Waals surface area (Å²) in [6, 6.07) is 4.26. The summed E-state index contributed by atoms with van der Waals surface area (Å²) in [7, 11) is 0. The number of halogens is 3. The first-order chi connectivity index (χ1) is 14.1. The molecule has 2 aliphatic heterocycles. The Morgan fingerprint density at radius 2 is 1.63 bits per heavy atom. The highest BCUT2D eigenvalue weighted by molar-refractivity contribution is 7.09. The number of alkyl halides is 3. The van der Waals surface area contributed by atoms with Crippen LogP contribution in [0.2, 0.25) is 0 Å². The van der Waals surface area contributed by atoms with Crippen LogP contribution in [0.5, 0.6) is 0 Å². The fourth-order valence-electron chi connectivity index (χ4n) is 3.99. The van der Waals surface area contributed by atoms with Crippen molar-refractivity contribution >= 4 is 23.5 Å². The lowest BCUT2D eigenvalue weighted by Gasteiger charge is -2.18. The second-order valence-corrected chi connectivity index (χ2v) is 8.76. The van der Waals surface area contributed by atoms with Crippen molar-refractivity contribution in [3.05, 3.63) is 45.7 Å². The standard InChI is InChI=1S/C19H19F3N4O3S/c1-11-6-26(15-4-2-14(3-5-15)19(20,21)22)17(30-11)23-16(27)24-7-12-9-25(18(28)29)10-13(12)8-24/h2-6,12-13H,7-10H2,1H3,(H,28,29)/b23-17-. The third kappa shape index (κ3) is 3.93. The van der Waals surface area contributed by atoms with Gasteiger partial charge in [-0.2, -0.15) is 18.2 Å². The molecule has 2 saturated heterocycles. The zero-order valence-corrected chi connectivity index (χ0v) is 16.8. The van der Waals surface area contributed by atoms with Crippen LogP contribution in [0.4, 0.5) is 22.8 Å². The normalized spacial score (nSPS) is 21.9. The fraction of sp³-hybridized carbons (Fsp3) is 0.421. The van der Waals surface area contributed by atoms with E-state index in [9.17, 15) is 22.8 Å². The molecule has 0 saturated carbocycles. The summed E-state index contributed by atoms with van der Waals surface area (Å²) < 4.78 is 40.0. The molecule has 3 amide bonds. The number of rotatable bonds is 1. The molecule has 4 rings (SSSR count).